The Morgan fingerprint density at radius 3 is 2.53 bits per heavy atom. The zero-order chi connectivity index (χ0) is 10.5. The topological polar surface area (TPSA) is 43.8 Å². The van der Waals surface area contributed by atoms with Crippen molar-refractivity contribution in [3.05, 3.63) is 0 Å². The molecule has 4 heteroatoms. The number of fused-ring (bicyclic) bond motifs is 1. The molecule has 0 radical (unpaired) electrons. The van der Waals surface area contributed by atoms with E-state index in [9.17, 15) is 4.79 Å². The van der Waals surface area contributed by atoms with Crippen LogP contribution >= 0.6 is 0 Å². The van der Waals surface area contributed by atoms with Gasteiger partial charge in [0.2, 0.25) is 0 Å². The van der Waals surface area contributed by atoms with E-state index >= 15 is 0 Å². The van der Waals surface area contributed by atoms with E-state index in [0.29, 0.717) is 11.5 Å². The largest absolute Gasteiger partial charge is 0.465 e. The zero-order valence-corrected chi connectivity index (χ0v) is 8.98. The molecule has 0 aromatic carbocycles. The van der Waals surface area contributed by atoms with Crippen LogP contribution in [0.3, 0.4) is 0 Å². The van der Waals surface area contributed by atoms with Crippen LogP contribution in [0.4, 0.5) is 4.79 Å². The molecule has 0 spiro atoms. The number of nitrogens with zero attached hydrogens (tertiary/aromatic N) is 2. The summed E-state index contributed by atoms with van der Waals surface area (Å²) >= 11 is 0. The molecular formula is C11H18N2O2. The second-order valence-corrected chi connectivity index (χ2v) is 5.46. The third-order valence-electron chi connectivity index (χ3n) is 4.29. The molecule has 1 amide bonds. The Balaban J connectivity index is 1.62. The third kappa shape index (κ3) is 1.42. The molecule has 0 aromatic heterocycles. The van der Waals surface area contributed by atoms with E-state index in [2.05, 4.69) is 4.90 Å². The summed E-state index contributed by atoms with van der Waals surface area (Å²) in [5, 5.41) is 9.00. The molecule has 3 saturated heterocycles. The number of carboxylic acid groups (broad SMARTS) is 1. The first-order valence-electron chi connectivity index (χ1n) is 5.91. The van der Waals surface area contributed by atoms with Crippen molar-refractivity contribution in [1.29, 1.82) is 0 Å². The molecule has 3 aliphatic heterocycles. The molecule has 1 saturated carbocycles. The lowest BCUT2D eigenvalue weighted by Gasteiger charge is -2.39. The standard InChI is InChI=1S/C11H18N2O2/c14-10(15)13-8-11(5-9(13)6-11)7-12-3-1-2-4-12/h9H,1-8H2,(H,14,15). The molecule has 0 aromatic rings. The Labute approximate surface area is 89.8 Å². The molecule has 1 N–H and O–H groups in total. The first-order chi connectivity index (χ1) is 7.19. The van der Waals surface area contributed by atoms with Crippen molar-refractivity contribution < 1.29 is 9.90 Å². The Hall–Kier alpha value is -0.770. The molecule has 4 rings (SSSR count). The van der Waals surface area contributed by atoms with Gasteiger partial charge in [-0.1, -0.05) is 0 Å². The molecule has 0 atom stereocenters. The Morgan fingerprint density at radius 1 is 1.33 bits per heavy atom. The molecule has 4 aliphatic rings. The molecule has 15 heavy (non-hydrogen) atoms. The van der Waals surface area contributed by atoms with Crippen LogP contribution in [0.15, 0.2) is 0 Å². The van der Waals surface area contributed by atoms with Gasteiger partial charge in [0.05, 0.1) is 0 Å². The second kappa shape index (κ2) is 3.11. The first kappa shape index (κ1) is 9.46. The summed E-state index contributed by atoms with van der Waals surface area (Å²) in [6, 6.07) is 0.338. The average Bonchev–Trinajstić information content (AvgIpc) is 2.76. The maximum absolute atomic E-state index is 10.9. The molecule has 84 valence electrons. The van der Waals surface area contributed by atoms with E-state index < -0.39 is 6.09 Å². The van der Waals surface area contributed by atoms with Crippen molar-refractivity contribution in [2.75, 3.05) is 26.2 Å². The van der Waals surface area contributed by atoms with Gasteiger partial charge in [-0.15, -0.1) is 0 Å². The molecule has 3 heterocycles. The molecule has 1 aliphatic carbocycles. The van der Waals surface area contributed by atoms with Gasteiger partial charge in [0.15, 0.2) is 0 Å². The summed E-state index contributed by atoms with van der Waals surface area (Å²) in [5.74, 6) is 0. The lowest BCUT2D eigenvalue weighted by Crippen LogP contribution is -2.43. The van der Waals surface area contributed by atoms with E-state index in [4.69, 9.17) is 5.11 Å². The highest BCUT2D eigenvalue weighted by Crippen LogP contribution is 2.52. The maximum Gasteiger partial charge on any atom is 0.407 e. The van der Waals surface area contributed by atoms with E-state index in [1.165, 1.54) is 25.9 Å². The maximum atomic E-state index is 10.9. The minimum atomic E-state index is -0.721. The molecule has 2 bridgehead atoms. The van der Waals surface area contributed by atoms with Crippen LogP contribution in [0.5, 0.6) is 0 Å². The monoisotopic (exact) mass is 210 g/mol. The lowest BCUT2D eigenvalue weighted by atomic mass is 9.70. The zero-order valence-electron chi connectivity index (χ0n) is 8.98. The number of amides is 1. The summed E-state index contributed by atoms with van der Waals surface area (Å²) in [6.07, 6.45) is 4.14. The highest BCUT2D eigenvalue weighted by Gasteiger charge is 2.57. The Morgan fingerprint density at radius 2 is 2.00 bits per heavy atom. The van der Waals surface area contributed by atoms with Crippen molar-refractivity contribution in [2.24, 2.45) is 5.41 Å². The van der Waals surface area contributed by atoms with Gasteiger partial charge >= 0.3 is 6.09 Å². The van der Waals surface area contributed by atoms with Crippen LogP contribution in [0.2, 0.25) is 0 Å². The smallest absolute Gasteiger partial charge is 0.407 e. The Bertz CT molecular complexity index is 280. The summed E-state index contributed by atoms with van der Waals surface area (Å²) in [5.41, 5.74) is 0.327. The summed E-state index contributed by atoms with van der Waals surface area (Å²) in [7, 11) is 0. The first-order valence-corrected chi connectivity index (χ1v) is 5.91. The molecular weight excluding hydrogens is 192 g/mol. The molecule has 0 unspecified atom stereocenters. The van der Waals surface area contributed by atoms with Gasteiger partial charge in [-0.2, -0.15) is 0 Å². The average molecular weight is 210 g/mol. The van der Waals surface area contributed by atoms with E-state index in [1.807, 2.05) is 0 Å². The number of carbonyl (C=O) groups is 1. The van der Waals surface area contributed by atoms with Crippen molar-refractivity contribution >= 4 is 6.09 Å². The van der Waals surface area contributed by atoms with Crippen molar-refractivity contribution in [3.8, 4) is 0 Å². The van der Waals surface area contributed by atoms with Crippen LogP contribution in [0.1, 0.15) is 25.7 Å². The number of rotatable bonds is 2. The fourth-order valence-electron chi connectivity index (χ4n) is 3.60. The van der Waals surface area contributed by atoms with Crippen LogP contribution < -0.4 is 0 Å². The number of hydrogen-bond acceptors (Lipinski definition) is 2. The van der Waals surface area contributed by atoms with Crippen LogP contribution in [-0.4, -0.2) is 53.2 Å². The second-order valence-electron chi connectivity index (χ2n) is 5.46. The van der Waals surface area contributed by atoms with Crippen LogP contribution in [0, 0.1) is 5.41 Å². The SMILES string of the molecule is O=C(O)N1CC2(CN3CCCC3)CC1C2. The molecule has 4 fully saturated rings. The Kier molecular flexibility index (Phi) is 1.96. The van der Waals surface area contributed by atoms with Crippen molar-refractivity contribution in [1.82, 2.24) is 9.80 Å². The predicted octanol–water partition coefficient (Wildman–Crippen LogP) is 1.22. The van der Waals surface area contributed by atoms with Gasteiger partial charge in [0.25, 0.3) is 0 Å². The van der Waals surface area contributed by atoms with Crippen molar-refractivity contribution in [2.45, 2.75) is 31.7 Å². The van der Waals surface area contributed by atoms with E-state index in [1.54, 1.807) is 4.90 Å². The van der Waals surface area contributed by atoms with E-state index in [-0.39, 0.29) is 0 Å². The van der Waals surface area contributed by atoms with Gasteiger partial charge in [-0.25, -0.2) is 4.79 Å². The van der Waals surface area contributed by atoms with Gasteiger partial charge in [0.1, 0.15) is 0 Å². The van der Waals surface area contributed by atoms with Crippen LogP contribution in [0.25, 0.3) is 0 Å². The minimum absolute atomic E-state index is 0.327. The number of likely N-dealkylation sites (tertiary alicyclic amines) is 1. The summed E-state index contributed by atoms with van der Waals surface area (Å²) < 4.78 is 0. The van der Waals surface area contributed by atoms with Gasteiger partial charge < -0.3 is 14.9 Å². The van der Waals surface area contributed by atoms with Gasteiger partial charge in [-0.3, -0.25) is 0 Å². The highest BCUT2D eigenvalue weighted by atomic mass is 16.4. The van der Waals surface area contributed by atoms with Crippen molar-refractivity contribution in [3.63, 3.8) is 0 Å². The quantitative estimate of drug-likeness (QED) is 0.745. The summed E-state index contributed by atoms with van der Waals surface area (Å²) in [6.45, 7) is 4.36. The molecule has 4 nitrogen and oxygen atoms in total. The fourth-order valence-corrected chi connectivity index (χ4v) is 3.60. The normalized spacial score (nSPS) is 39.5. The highest BCUT2D eigenvalue weighted by molar-refractivity contribution is 5.67. The minimum Gasteiger partial charge on any atom is -0.465 e. The summed E-state index contributed by atoms with van der Waals surface area (Å²) in [4.78, 5) is 15.1. The third-order valence-corrected chi connectivity index (χ3v) is 4.29. The van der Waals surface area contributed by atoms with Gasteiger partial charge in [0, 0.05) is 24.5 Å². The van der Waals surface area contributed by atoms with Gasteiger partial charge in [-0.05, 0) is 38.8 Å². The fraction of sp³-hybridized carbons (Fsp3) is 0.909. The predicted molar refractivity (Wildman–Crippen MR) is 55.9 cm³/mol. The van der Waals surface area contributed by atoms with Crippen LogP contribution in [-0.2, 0) is 0 Å². The lowest BCUT2D eigenvalue weighted by molar-refractivity contribution is 0.114. The number of hydrogen-bond donors (Lipinski definition) is 1. The van der Waals surface area contributed by atoms with E-state index in [0.717, 1.165) is 25.9 Å².